The molecule has 25 heavy (non-hydrogen) atoms. The molecule has 2 N–H and O–H groups in total. The minimum atomic E-state index is -0.0548. The monoisotopic (exact) mass is 380 g/mol. The zero-order valence-electron chi connectivity index (χ0n) is 14.1. The van der Waals surface area contributed by atoms with Crippen LogP contribution >= 0.6 is 23.1 Å². The summed E-state index contributed by atoms with van der Waals surface area (Å²) in [7, 11) is 1.64. The van der Waals surface area contributed by atoms with Gasteiger partial charge in [0.15, 0.2) is 10.1 Å². The summed E-state index contributed by atoms with van der Waals surface area (Å²) in [5.74, 6) is 0.233. The van der Waals surface area contributed by atoms with Crippen LogP contribution in [0.5, 0.6) is 0 Å². The van der Waals surface area contributed by atoms with Gasteiger partial charge in [0.25, 0.3) is 0 Å². The van der Waals surface area contributed by atoms with Gasteiger partial charge in [0.05, 0.1) is 12.4 Å². The Balaban J connectivity index is 1.82. The van der Waals surface area contributed by atoms with Gasteiger partial charge >= 0.3 is 0 Å². The topological polar surface area (TPSA) is 93.2 Å². The van der Waals surface area contributed by atoms with E-state index in [1.54, 1.807) is 38.3 Å². The number of Topliss-reactive ketones (excluding diaryl/α,β-unsaturated/α-hetero) is 1. The number of benzene rings is 1. The molecule has 0 fully saturated rings. The summed E-state index contributed by atoms with van der Waals surface area (Å²) in [5, 5.41) is 14.6. The number of aromatic nitrogens is 2. The number of methoxy groups -OCH3 is 1. The standard InChI is InChI=1S/C16H20N4O3S2/c1-3-14(22)18-12-6-4-11(5-7-12)13(21)10-24-16-20-19-15(25-16)17-8-9-23-2/h4-7H,3,8-10H2,1-2H3,(H,17,19)(H,18,22). The smallest absolute Gasteiger partial charge is 0.224 e. The minimum absolute atomic E-state index is 0.00228. The lowest BCUT2D eigenvalue weighted by Crippen LogP contribution is -2.09. The Morgan fingerprint density at radius 1 is 1.24 bits per heavy atom. The van der Waals surface area contributed by atoms with Gasteiger partial charge in [-0.25, -0.2) is 0 Å². The van der Waals surface area contributed by atoms with Crippen molar-refractivity contribution >= 4 is 45.6 Å². The van der Waals surface area contributed by atoms with Crippen LogP contribution in [0.1, 0.15) is 23.7 Å². The van der Waals surface area contributed by atoms with Crippen molar-refractivity contribution in [3.8, 4) is 0 Å². The van der Waals surface area contributed by atoms with Gasteiger partial charge in [0, 0.05) is 31.3 Å². The summed E-state index contributed by atoms with van der Waals surface area (Å²) in [6.45, 7) is 3.04. The average Bonchev–Trinajstić information content (AvgIpc) is 3.08. The van der Waals surface area contributed by atoms with Crippen molar-refractivity contribution < 1.29 is 14.3 Å². The van der Waals surface area contributed by atoms with Gasteiger partial charge in [-0.15, -0.1) is 10.2 Å². The molecule has 1 amide bonds. The van der Waals surface area contributed by atoms with Crippen molar-refractivity contribution in [2.24, 2.45) is 0 Å². The molecule has 1 aromatic heterocycles. The minimum Gasteiger partial charge on any atom is -0.383 e. The van der Waals surface area contributed by atoms with Crippen LogP contribution in [0.2, 0.25) is 0 Å². The molecule has 1 heterocycles. The third-order valence-corrected chi connectivity index (χ3v) is 5.14. The molecular formula is C16H20N4O3S2. The van der Waals surface area contributed by atoms with Crippen LogP contribution in [-0.2, 0) is 9.53 Å². The van der Waals surface area contributed by atoms with Gasteiger partial charge in [-0.05, 0) is 24.3 Å². The first-order valence-electron chi connectivity index (χ1n) is 7.74. The van der Waals surface area contributed by atoms with E-state index in [0.29, 0.717) is 36.0 Å². The molecular weight excluding hydrogens is 360 g/mol. The number of nitrogens with zero attached hydrogens (tertiary/aromatic N) is 2. The Labute approximate surface area is 154 Å². The molecule has 0 aliphatic rings. The lowest BCUT2D eigenvalue weighted by atomic mass is 10.1. The van der Waals surface area contributed by atoms with E-state index in [1.807, 2.05) is 0 Å². The summed E-state index contributed by atoms with van der Waals surface area (Å²) in [5.41, 5.74) is 1.29. The third-order valence-electron chi connectivity index (χ3n) is 3.13. The average molecular weight is 380 g/mol. The maximum atomic E-state index is 12.2. The highest BCUT2D eigenvalue weighted by atomic mass is 32.2. The van der Waals surface area contributed by atoms with E-state index in [4.69, 9.17) is 4.74 Å². The van der Waals surface area contributed by atoms with Gasteiger partial charge in [0.2, 0.25) is 11.0 Å². The molecule has 9 heteroatoms. The van der Waals surface area contributed by atoms with Crippen LogP contribution in [0.15, 0.2) is 28.6 Å². The van der Waals surface area contributed by atoms with Gasteiger partial charge in [-0.2, -0.15) is 0 Å². The number of carbonyl (C=O) groups excluding carboxylic acids is 2. The first kappa shape index (κ1) is 19.4. The predicted octanol–water partition coefficient (Wildman–Crippen LogP) is 2.92. The lowest BCUT2D eigenvalue weighted by molar-refractivity contribution is -0.115. The van der Waals surface area contributed by atoms with Crippen LogP contribution in [0.4, 0.5) is 10.8 Å². The second-order valence-corrected chi connectivity index (χ2v) is 7.18. The fourth-order valence-corrected chi connectivity index (χ4v) is 3.47. The highest BCUT2D eigenvalue weighted by Crippen LogP contribution is 2.26. The summed E-state index contributed by atoms with van der Waals surface area (Å²) >= 11 is 2.76. The zero-order chi connectivity index (χ0) is 18.1. The molecule has 0 atom stereocenters. The molecule has 0 saturated heterocycles. The van der Waals surface area contributed by atoms with Crippen molar-refractivity contribution in [1.82, 2.24) is 10.2 Å². The molecule has 2 rings (SSSR count). The van der Waals surface area contributed by atoms with Crippen molar-refractivity contribution in [3.63, 3.8) is 0 Å². The molecule has 2 aromatic rings. The number of ether oxygens (including phenoxy) is 1. The quantitative estimate of drug-likeness (QED) is 0.372. The summed E-state index contributed by atoms with van der Waals surface area (Å²) in [6, 6.07) is 6.89. The Kier molecular flexibility index (Phi) is 7.83. The molecule has 134 valence electrons. The maximum Gasteiger partial charge on any atom is 0.224 e. The normalized spacial score (nSPS) is 10.5. The van der Waals surface area contributed by atoms with Crippen molar-refractivity contribution in [1.29, 1.82) is 0 Å². The predicted molar refractivity (Wildman–Crippen MR) is 101 cm³/mol. The fourth-order valence-electron chi connectivity index (χ4n) is 1.80. The van der Waals surface area contributed by atoms with Crippen molar-refractivity contribution in [2.75, 3.05) is 36.6 Å². The van der Waals surface area contributed by atoms with Crippen molar-refractivity contribution in [3.05, 3.63) is 29.8 Å². The number of nitrogens with one attached hydrogen (secondary N) is 2. The second kappa shape index (κ2) is 10.1. The number of carbonyl (C=O) groups is 2. The number of ketones is 1. The van der Waals surface area contributed by atoms with Gasteiger partial charge in [0.1, 0.15) is 0 Å². The van der Waals surface area contributed by atoms with Gasteiger partial charge in [-0.3, -0.25) is 9.59 Å². The third kappa shape index (κ3) is 6.45. The highest BCUT2D eigenvalue weighted by Gasteiger charge is 2.10. The molecule has 0 aliphatic carbocycles. The fraction of sp³-hybridized carbons (Fsp3) is 0.375. The number of anilines is 2. The van der Waals surface area contributed by atoms with E-state index < -0.39 is 0 Å². The van der Waals surface area contributed by atoms with E-state index in [2.05, 4.69) is 20.8 Å². The van der Waals surface area contributed by atoms with E-state index in [9.17, 15) is 9.59 Å². The molecule has 0 saturated carbocycles. The Bertz CT molecular complexity index is 704. The molecule has 0 spiro atoms. The number of rotatable bonds is 10. The summed E-state index contributed by atoms with van der Waals surface area (Å²) in [4.78, 5) is 23.6. The first-order chi connectivity index (χ1) is 12.1. The highest BCUT2D eigenvalue weighted by molar-refractivity contribution is 8.01. The number of thioether (sulfide) groups is 1. The molecule has 0 radical (unpaired) electrons. The number of amides is 1. The SMILES string of the molecule is CCC(=O)Nc1ccc(C(=O)CSc2nnc(NCCOC)s2)cc1. The lowest BCUT2D eigenvalue weighted by Gasteiger charge is -2.04. The first-order valence-corrected chi connectivity index (χ1v) is 9.54. The molecule has 7 nitrogen and oxygen atoms in total. The van der Waals surface area contributed by atoms with E-state index in [-0.39, 0.29) is 17.4 Å². The zero-order valence-corrected chi connectivity index (χ0v) is 15.7. The Hall–Kier alpha value is -1.97. The van der Waals surface area contributed by atoms with Crippen LogP contribution < -0.4 is 10.6 Å². The van der Waals surface area contributed by atoms with Crippen LogP contribution in [-0.4, -0.2) is 47.9 Å². The van der Waals surface area contributed by atoms with Gasteiger partial charge in [-0.1, -0.05) is 30.0 Å². The molecule has 1 aromatic carbocycles. The Morgan fingerprint density at radius 3 is 2.68 bits per heavy atom. The van der Waals surface area contributed by atoms with Crippen LogP contribution in [0.25, 0.3) is 0 Å². The van der Waals surface area contributed by atoms with Crippen molar-refractivity contribution in [2.45, 2.75) is 17.7 Å². The van der Waals surface area contributed by atoms with Gasteiger partial charge < -0.3 is 15.4 Å². The summed E-state index contributed by atoms with van der Waals surface area (Å²) < 4.78 is 5.69. The van der Waals surface area contributed by atoms with Crippen LogP contribution in [0.3, 0.4) is 0 Å². The maximum absolute atomic E-state index is 12.2. The van der Waals surface area contributed by atoms with E-state index in [1.165, 1.54) is 23.1 Å². The van der Waals surface area contributed by atoms with Crippen LogP contribution in [0, 0.1) is 0 Å². The van der Waals surface area contributed by atoms with E-state index in [0.717, 1.165) is 4.34 Å². The number of hydrogen-bond acceptors (Lipinski definition) is 8. The molecule has 0 bridgehead atoms. The van der Waals surface area contributed by atoms with E-state index >= 15 is 0 Å². The summed E-state index contributed by atoms with van der Waals surface area (Å²) in [6.07, 6.45) is 0.418. The number of hydrogen-bond donors (Lipinski definition) is 2. The Morgan fingerprint density at radius 2 is 2.00 bits per heavy atom. The largest absolute Gasteiger partial charge is 0.383 e. The molecule has 0 unspecified atom stereocenters. The molecule has 0 aliphatic heterocycles. The second-order valence-electron chi connectivity index (χ2n) is 4.98.